The van der Waals surface area contributed by atoms with Gasteiger partial charge < -0.3 is 5.32 Å². The highest BCUT2D eigenvalue weighted by molar-refractivity contribution is 7.14. The molecular weight excluding hydrogens is 256 g/mol. The largest absolute Gasteiger partial charge is 0.334 e. The fraction of sp³-hybridized carbons (Fsp3) is 0.0833. The Labute approximate surface area is 108 Å². The predicted molar refractivity (Wildman–Crippen MR) is 71.6 cm³/mol. The molecule has 0 aliphatic carbocycles. The number of hydrogen-bond acceptors (Lipinski definition) is 2. The number of hydrogen-bond donors (Lipinski definition) is 2. The Kier molecular flexibility index (Phi) is 4.01. The summed E-state index contributed by atoms with van der Waals surface area (Å²) < 4.78 is 0. The van der Waals surface area contributed by atoms with Crippen molar-refractivity contribution in [2.45, 2.75) is 6.54 Å². The maximum absolute atomic E-state index is 11.5. The van der Waals surface area contributed by atoms with E-state index in [0.717, 1.165) is 10.6 Å². The second-order valence-electron chi connectivity index (χ2n) is 3.38. The molecule has 0 atom stereocenters. The summed E-state index contributed by atoms with van der Waals surface area (Å²) in [5, 5.41) is 8.87. The van der Waals surface area contributed by atoms with Gasteiger partial charge in [-0.2, -0.15) is 0 Å². The number of nitrogens with one attached hydrogen (secondary N) is 2. The predicted octanol–water partition coefficient (Wildman–Crippen LogP) is 3.72. The molecule has 2 rings (SSSR count). The summed E-state index contributed by atoms with van der Waals surface area (Å²) >= 11 is 7.46. The number of urea groups is 1. The van der Waals surface area contributed by atoms with E-state index in [9.17, 15) is 4.79 Å². The lowest BCUT2D eigenvalue weighted by atomic mass is 10.2. The number of amides is 2. The van der Waals surface area contributed by atoms with Crippen molar-refractivity contribution in [1.82, 2.24) is 5.32 Å². The Bertz CT molecular complexity index is 499. The van der Waals surface area contributed by atoms with Crippen molar-refractivity contribution in [1.29, 1.82) is 0 Å². The molecule has 2 aromatic rings. The molecule has 0 unspecified atom stereocenters. The Balaban J connectivity index is 1.86. The summed E-state index contributed by atoms with van der Waals surface area (Å²) in [6, 6.07) is 10.9. The first-order valence-electron chi connectivity index (χ1n) is 5.07. The minimum atomic E-state index is -0.229. The molecule has 1 heterocycles. The lowest BCUT2D eigenvalue weighted by molar-refractivity contribution is 0.252. The van der Waals surface area contributed by atoms with E-state index in [1.54, 1.807) is 6.07 Å². The summed E-state index contributed by atoms with van der Waals surface area (Å²) in [5.41, 5.74) is 0.899. The van der Waals surface area contributed by atoms with Gasteiger partial charge in [-0.15, -0.1) is 11.3 Å². The smallest absolute Gasteiger partial charge is 0.320 e. The van der Waals surface area contributed by atoms with Crippen molar-refractivity contribution in [3.63, 3.8) is 0 Å². The molecule has 0 radical (unpaired) electrons. The first kappa shape index (κ1) is 12.0. The average Bonchev–Trinajstić information content (AvgIpc) is 2.81. The molecule has 5 heteroatoms. The zero-order valence-corrected chi connectivity index (χ0v) is 10.5. The maximum atomic E-state index is 11.5. The summed E-state index contributed by atoms with van der Waals surface area (Å²) in [6.07, 6.45) is 0. The zero-order valence-electron chi connectivity index (χ0n) is 8.94. The van der Waals surface area contributed by atoms with Crippen LogP contribution in [0, 0.1) is 0 Å². The van der Waals surface area contributed by atoms with Crippen LogP contribution in [-0.2, 0) is 6.54 Å². The lowest BCUT2D eigenvalue weighted by Gasteiger charge is -2.07. The molecule has 0 bridgehead atoms. The van der Waals surface area contributed by atoms with Crippen LogP contribution in [0.3, 0.4) is 0 Å². The summed E-state index contributed by atoms with van der Waals surface area (Å²) in [7, 11) is 0. The SMILES string of the molecule is O=C(NCc1ccccc1Cl)Nc1cccs1. The minimum Gasteiger partial charge on any atom is -0.334 e. The lowest BCUT2D eigenvalue weighted by Crippen LogP contribution is -2.27. The highest BCUT2D eigenvalue weighted by Gasteiger charge is 2.03. The summed E-state index contributed by atoms with van der Waals surface area (Å²) in [5.74, 6) is 0. The van der Waals surface area contributed by atoms with E-state index in [1.165, 1.54) is 11.3 Å². The van der Waals surface area contributed by atoms with Gasteiger partial charge in [0.2, 0.25) is 0 Å². The molecule has 88 valence electrons. The fourth-order valence-electron chi connectivity index (χ4n) is 1.32. The van der Waals surface area contributed by atoms with Crippen LogP contribution >= 0.6 is 22.9 Å². The van der Waals surface area contributed by atoms with Crippen LogP contribution in [0.1, 0.15) is 5.56 Å². The van der Waals surface area contributed by atoms with E-state index in [-0.39, 0.29) is 6.03 Å². The number of rotatable bonds is 3. The Hall–Kier alpha value is -1.52. The highest BCUT2D eigenvalue weighted by Crippen LogP contribution is 2.16. The molecule has 0 spiro atoms. The normalized spacial score (nSPS) is 9.94. The van der Waals surface area contributed by atoms with Crippen molar-refractivity contribution in [2.75, 3.05) is 5.32 Å². The first-order chi connectivity index (χ1) is 8.25. The van der Waals surface area contributed by atoms with Crippen LogP contribution < -0.4 is 10.6 Å². The summed E-state index contributed by atoms with van der Waals surface area (Å²) in [4.78, 5) is 11.5. The third-order valence-corrected chi connectivity index (χ3v) is 3.31. The number of halogens is 1. The van der Waals surface area contributed by atoms with Gasteiger partial charge in [0, 0.05) is 11.6 Å². The molecule has 0 saturated heterocycles. The van der Waals surface area contributed by atoms with E-state index < -0.39 is 0 Å². The van der Waals surface area contributed by atoms with Crippen LogP contribution in [0.15, 0.2) is 41.8 Å². The third kappa shape index (κ3) is 3.47. The second kappa shape index (κ2) is 5.70. The third-order valence-electron chi connectivity index (χ3n) is 2.16. The van der Waals surface area contributed by atoms with Crippen LogP contribution in [-0.4, -0.2) is 6.03 Å². The van der Waals surface area contributed by atoms with Gasteiger partial charge in [-0.25, -0.2) is 4.79 Å². The summed E-state index contributed by atoms with van der Waals surface area (Å²) in [6.45, 7) is 0.414. The van der Waals surface area contributed by atoms with Gasteiger partial charge in [0.15, 0.2) is 0 Å². The zero-order chi connectivity index (χ0) is 12.1. The molecule has 0 fully saturated rings. The molecule has 3 nitrogen and oxygen atoms in total. The van der Waals surface area contributed by atoms with Gasteiger partial charge in [0.25, 0.3) is 0 Å². The van der Waals surface area contributed by atoms with Gasteiger partial charge in [0.1, 0.15) is 0 Å². The van der Waals surface area contributed by atoms with Gasteiger partial charge >= 0.3 is 6.03 Å². The Morgan fingerprint density at radius 3 is 2.76 bits per heavy atom. The number of carbonyl (C=O) groups is 1. The molecule has 0 aliphatic rings. The van der Waals surface area contributed by atoms with Crippen molar-refractivity contribution >= 4 is 34.0 Å². The van der Waals surface area contributed by atoms with Gasteiger partial charge in [-0.3, -0.25) is 5.32 Å². The molecule has 1 aromatic heterocycles. The maximum Gasteiger partial charge on any atom is 0.320 e. The van der Waals surface area contributed by atoms with Crippen LogP contribution in [0.4, 0.5) is 9.80 Å². The molecule has 2 amide bonds. The molecule has 0 saturated carbocycles. The first-order valence-corrected chi connectivity index (χ1v) is 6.33. The molecule has 0 aliphatic heterocycles. The highest BCUT2D eigenvalue weighted by atomic mass is 35.5. The van der Waals surface area contributed by atoms with Crippen molar-refractivity contribution in [3.8, 4) is 0 Å². The molecular formula is C12H11ClN2OS. The Morgan fingerprint density at radius 1 is 1.24 bits per heavy atom. The molecule has 2 N–H and O–H groups in total. The molecule has 17 heavy (non-hydrogen) atoms. The van der Waals surface area contributed by atoms with Crippen LogP contribution in [0.5, 0.6) is 0 Å². The molecule has 1 aromatic carbocycles. The monoisotopic (exact) mass is 266 g/mol. The van der Waals surface area contributed by atoms with Crippen molar-refractivity contribution < 1.29 is 4.79 Å². The Morgan fingerprint density at radius 2 is 2.06 bits per heavy atom. The van der Waals surface area contributed by atoms with Gasteiger partial charge in [-0.05, 0) is 29.1 Å². The quantitative estimate of drug-likeness (QED) is 0.873. The van der Waals surface area contributed by atoms with Crippen molar-refractivity contribution in [2.24, 2.45) is 0 Å². The van der Waals surface area contributed by atoms with E-state index in [2.05, 4.69) is 10.6 Å². The standard InChI is InChI=1S/C12H11ClN2OS/c13-10-5-2-1-4-9(10)8-14-12(16)15-11-6-3-7-17-11/h1-7H,8H2,(H2,14,15,16). The van der Waals surface area contributed by atoms with Crippen LogP contribution in [0.25, 0.3) is 0 Å². The van der Waals surface area contributed by atoms with Gasteiger partial charge in [0.05, 0.1) is 5.00 Å². The van der Waals surface area contributed by atoms with E-state index in [0.29, 0.717) is 11.6 Å². The number of anilines is 1. The number of benzene rings is 1. The van der Waals surface area contributed by atoms with E-state index >= 15 is 0 Å². The number of carbonyl (C=O) groups excluding carboxylic acids is 1. The average molecular weight is 267 g/mol. The van der Waals surface area contributed by atoms with Crippen molar-refractivity contribution in [3.05, 3.63) is 52.4 Å². The van der Waals surface area contributed by atoms with Gasteiger partial charge in [-0.1, -0.05) is 29.8 Å². The fourth-order valence-corrected chi connectivity index (χ4v) is 2.14. The van der Waals surface area contributed by atoms with E-state index in [4.69, 9.17) is 11.6 Å². The van der Waals surface area contributed by atoms with Crippen LogP contribution in [0.2, 0.25) is 5.02 Å². The number of thiophene rings is 1. The topological polar surface area (TPSA) is 41.1 Å². The van der Waals surface area contributed by atoms with E-state index in [1.807, 2.05) is 35.7 Å². The minimum absolute atomic E-state index is 0.229. The second-order valence-corrected chi connectivity index (χ2v) is 4.73.